The highest BCUT2D eigenvalue weighted by atomic mass is 19.1. The summed E-state index contributed by atoms with van der Waals surface area (Å²) < 4.78 is 18.3. The predicted molar refractivity (Wildman–Crippen MR) is 96.3 cm³/mol. The van der Waals surface area contributed by atoms with Gasteiger partial charge >= 0.3 is 0 Å². The number of amides is 1. The van der Waals surface area contributed by atoms with Crippen molar-refractivity contribution < 1.29 is 18.7 Å². The maximum atomic E-state index is 12.8. The molecule has 138 valence electrons. The van der Waals surface area contributed by atoms with Crippen LogP contribution in [0.25, 0.3) is 0 Å². The van der Waals surface area contributed by atoms with E-state index < -0.39 is 0 Å². The first kappa shape index (κ1) is 18.2. The lowest BCUT2D eigenvalue weighted by atomic mass is 9.94. The smallest absolute Gasteiger partial charge is 0.268 e. The van der Waals surface area contributed by atoms with E-state index in [2.05, 4.69) is 10.3 Å². The number of unbranched alkanes of at least 4 members (excludes halogenated alkanes) is 1. The van der Waals surface area contributed by atoms with Crippen LogP contribution in [0.3, 0.4) is 0 Å². The Balaban J connectivity index is 1.42. The van der Waals surface area contributed by atoms with Gasteiger partial charge in [0.1, 0.15) is 17.3 Å². The number of rotatable bonds is 7. The lowest BCUT2D eigenvalue weighted by Crippen LogP contribution is -2.25. The van der Waals surface area contributed by atoms with Crippen LogP contribution in [0.4, 0.5) is 4.39 Å². The minimum Gasteiger partial charge on any atom is -0.494 e. The van der Waals surface area contributed by atoms with E-state index in [0.717, 1.165) is 36.9 Å². The third-order valence-corrected chi connectivity index (χ3v) is 4.60. The molecule has 0 fully saturated rings. The number of nitrogens with one attached hydrogen (secondary N) is 2. The number of aryl methyl sites for hydroxylation is 1. The number of carbonyl (C=O) groups is 2. The van der Waals surface area contributed by atoms with E-state index in [9.17, 15) is 14.0 Å². The topological polar surface area (TPSA) is 71.2 Å². The number of carbonyl (C=O) groups excluding carboxylic acids is 2. The molecule has 0 aliphatic heterocycles. The van der Waals surface area contributed by atoms with E-state index in [0.29, 0.717) is 36.6 Å². The van der Waals surface area contributed by atoms with Crippen LogP contribution in [0.2, 0.25) is 0 Å². The van der Waals surface area contributed by atoms with Gasteiger partial charge in [-0.05, 0) is 62.4 Å². The molecular weight excluding hydrogens is 335 g/mol. The minimum absolute atomic E-state index is 0.122. The maximum absolute atomic E-state index is 12.8. The van der Waals surface area contributed by atoms with Crippen molar-refractivity contribution in [2.24, 2.45) is 0 Å². The molecule has 0 saturated heterocycles. The molecule has 0 atom stereocenters. The van der Waals surface area contributed by atoms with Crippen molar-refractivity contribution in [3.8, 4) is 5.75 Å². The molecule has 3 rings (SSSR count). The van der Waals surface area contributed by atoms with E-state index >= 15 is 0 Å². The summed E-state index contributed by atoms with van der Waals surface area (Å²) in [5, 5.41) is 2.88. The Morgan fingerprint density at radius 3 is 2.73 bits per heavy atom. The van der Waals surface area contributed by atoms with Gasteiger partial charge in [0.05, 0.1) is 6.61 Å². The van der Waals surface area contributed by atoms with Gasteiger partial charge in [-0.1, -0.05) is 0 Å². The fraction of sp³-hybridized carbons (Fsp3) is 0.400. The number of Topliss-reactive ketones (excluding diaryl/α,β-unsaturated/α-hetero) is 1. The van der Waals surface area contributed by atoms with Crippen molar-refractivity contribution in [2.75, 3.05) is 13.2 Å². The quantitative estimate of drug-likeness (QED) is 0.743. The molecule has 1 heterocycles. The van der Waals surface area contributed by atoms with Gasteiger partial charge in [-0.3, -0.25) is 9.59 Å². The first-order valence-corrected chi connectivity index (χ1v) is 8.97. The molecule has 1 aromatic carbocycles. The Bertz CT molecular complexity index is 796. The highest BCUT2D eigenvalue weighted by Crippen LogP contribution is 2.26. The molecule has 0 bridgehead atoms. The minimum atomic E-state index is -0.289. The normalized spacial score (nSPS) is 13.4. The van der Waals surface area contributed by atoms with Gasteiger partial charge < -0.3 is 15.0 Å². The van der Waals surface area contributed by atoms with Crippen LogP contribution >= 0.6 is 0 Å². The third-order valence-electron chi connectivity index (χ3n) is 4.60. The molecule has 6 heteroatoms. The van der Waals surface area contributed by atoms with Gasteiger partial charge in [0.15, 0.2) is 5.78 Å². The number of H-pyrrole nitrogens is 1. The van der Waals surface area contributed by atoms with Crippen LogP contribution in [0, 0.1) is 12.7 Å². The number of ether oxygens (including phenoxy) is 1. The van der Waals surface area contributed by atoms with Crippen LogP contribution in [0.1, 0.15) is 57.8 Å². The van der Waals surface area contributed by atoms with Gasteiger partial charge in [-0.25, -0.2) is 4.39 Å². The van der Waals surface area contributed by atoms with Gasteiger partial charge in [0, 0.05) is 24.2 Å². The largest absolute Gasteiger partial charge is 0.494 e. The number of hydrogen-bond donors (Lipinski definition) is 2. The van der Waals surface area contributed by atoms with E-state index in [1.54, 1.807) is 12.1 Å². The van der Waals surface area contributed by atoms with E-state index in [1.807, 2.05) is 6.92 Å². The number of fused-ring (bicyclic) bond motifs is 1. The third kappa shape index (κ3) is 4.12. The van der Waals surface area contributed by atoms with Crippen LogP contribution < -0.4 is 10.1 Å². The van der Waals surface area contributed by atoms with Crippen molar-refractivity contribution >= 4 is 11.7 Å². The number of hydrogen-bond acceptors (Lipinski definition) is 3. The summed E-state index contributed by atoms with van der Waals surface area (Å²) in [4.78, 5) is 27.5. The summed E-state index contributed by atoms with van der Waals surface area (Å²) in [6.45, 7) is 2.86. The molecule has 0 spiro atoms. The fourth-order valence-corrected chi connectivity index (χ4v) is 3.24. The summed E-state index contributed by atoms with van der Waals surface area (Å²) in [5.41, 5.74) is 2.83. The van der Waals surface area contributed by atoms with E-state index in [4.69, 9.17) is 4.74 Å². The second-order valence-electron chi connectivity index (χ2n) is 6.52. The summed E-state index contributed by atoms with van der Waals surface area (Å²) >= 11 is 0. The highest BCUT2D eigenvalue weighted by molar-refractivity contribution is 6.04. The van der Waals surface area contributed by atoms with Gasteiger partial charge in [-0.15, -0.1) is 0 Å². The Labute approximate surface area is 151 Å². The number of aromatic amines is 1. The Morgan fingerprint density at radius 1 is 1.23 bits per heavy atom. The predicted octanol–water partition coefficient (Wildman–Crippen LogP) is 3.57. The Morgan fingerprint density at radius 2 is 2.00 bits per heavy atom. The molecule has 2 aromatic rings. The molecule has 1 aliphatic carbocycles. The molecule has 0 radical (unpaired) electrons. The van der Waals surface area contributed by atoms with Crippen molar-refractivity contribution in [1.82, 2.24) is 10.3 Å². The second kappa shape index (κ2) is 8.17. The van der Waals surface area contributed by atoms with Gasteiger partial charge in [-0.2, -0.15) is 0 Å². The number of ketones is 1. The Kier molecular flexibility index (Phi) is 5.71. The average Bonchev–Trinajstić information content (AvgIpc) is 2.97. The first-order chi connectivity index (χ1) is 12.6. The number of aromatic nitrogens is 1. The maximum Gasteiger partial charge on any atom is 0.268 e. The summed E-state index contributed by atoms with van der Waals surface area (Å²) in [5.74, 6) is 0.289. The molecule has 1 amide bonds. The molecule has 0 unspecified atom stereocenters. The van der Waals surface area contributed by atoms with E-state index in [1.165, 1.54) is 12.1 Å². The standard InChI is InChI=1S/C20H23FN2O3/c1-13-18-16(5-4-6-17(18)24)23-19(13)20(25)22-11-2-3-12-26-15-9-7-14(21)8-10-15/h7-10,23H,2-6,11-12H2,1H3,(H,22,25). The SMILES string of the molecule is Cc1c(C(=O)NCCCCOc2ccc(F)cc2)[nH]c2c1C(=O)CCC2. The van der Waals surface area contributed by atoms with Crippen LogP contribution in [-0.4, -0.2) is 29.8 Å². The number of benzene rings is 1. The van der Waals surface area contributed by atoms with Gasteiger partial charge in [0.2, 0.25) is 0 Å². The molecule has 5 nitrogen and oxygen atoms in total. The summed E-state index contributed by atoms with van der Waals surface area (Å²) in [6, 6.07) is 5.90. The lowest BCUT2D eigenvalue weighted by Gasteiger charge is -2.09. The van der Waals surface area contributed by atoms with Crippen molar-refractivity contribution in [3.63, 3.8) is 0 Å². The molecule has 2 N–H and O–H groups in total. The zero-order chi connectivity index (χ0) is 18.5. The first-order valence-electron chi connectivity index (χ1n) is 8.97. The van der Waals surface area contributed by atoms with Crippen LogP contribution in [0.15, 0.2) is 24.3 Å². The van der Waals surface area contributed by atoms with Crippen LogP contribution in [0.5, 0.6) is 5.75 Å². The molecule has 26 heavy (non-hydrogen) atoms. The average molecular weight is 358 g/mol. The van der Waals surface area contributed by atoms with Crippen LogP contribution in [-0.2, 0) is 6.42 Å². The zero-order valence-electron chi connectivity index (χ0n) is 14.9. The molecule has 1 aliphatic rings. The molecular formula is C20H23FN2O3. The second-order valence-corrected chi connectivity index (χ2v) is 6.52. The van der Waals surface area contributed by atoms with Crippen molar-refractivity contribution in [1.29, 1.82) is 0 Å². The molecule has 0 saturated carbocycles. The highest BCUT2D eigenvalue weighted by Gasteiger charge is 2.26. The monoisotopic (exact) mass is 358 g/mol. The van der Waals surface area contributed by atoms with Crippen molar-refractivity contribution in [3.05, 3.63) is 52.6 Å². The summed E-state index contributed by atoms with van der Waals surface area (Å²) in [7, 11) is 0. The fourth-order valence-electron chi connectivity index (χ4n) is 3.24. The van der Waals surface area contributed by atoms with E-state index in [-0.39, 0.29) is 17.5 Å². The Hall–Kier alpha value is -2.63. The molecule has 1 aromatic heterocycles. The lowest BCUT2D eigenvalue weighted by molar-refractivity contribution is 0.0946. The zero-order valence-corrected chi connectivity index (χ0v) is 14.9. The summed E-state index contributed by atoms with van der Waals surface area (Å²) in [6.07, 6.45) is 3.75. The van der Waals surface area contributed by atoms with Gasteiger partial charge in [0.25, 0.3) is 5.91 Å². The van der Waals surface area contributed by atoms with Crippen molar-refractivity contribution in [2.45, 2.75) is 39.0 Å². The number of halogens is 1.